The Morgan fingerprint density at radius 1 is 1.11 bits per heavy atom. The Labute approximate surface area is 161 Å². The highest BCUT2D eigenvalue weighted by molar-refractivity contribution is 6.00. The number of aromatic amines is 1. The molecule has 0 aliphatic heterocycles. The quantitative estimate of drug-likeness (QED) is 0.426. The van der Waals surface area contributed by atoms with Crippen LogP contribution in [0.4, 0.5) is 0 Å². The van der Waals surface area contributed by atoms with Crippen LogP contribution in [-0.2, 0) is 12.8 Å². The summed E-state index contributed by atoms with van der Waals surface area (Å²) in [4.78, 5) is 15.9. The van der Waals surface area contributed by atoms with E-state index in [9.17, 15) is 4.79 Å². The van der Waals surface area contributed by atoms with Crippen molar-refractivity contribution in [1.29, 1.82) is 0 Å². The van der Waals surface area contributed by atoms with Gasteiger partial charge in [-0.15, -0.1) is 0 Å². The van der Waals surface area contributed by atoms with Crippen LogP contribution in [0, 0.1) is 0 Å². The molecule has 6 nitrogen and oxygen atoms in total. The standard InChI is InChI=1S/C22H19N5O/c28-22(25-24-14-15-13-23-19-11-5-4-9-17(15)19)21-18-10-6-12-20(18)27(26-21)16-7-2-1-3-8-16/h1-5,7-9,11,13-14,23H,6,10,12H2,(H,25,28)/b24-14+. The van der Waals surface area contributed by atoms with Crippen molar-refractivity contribution < 1.29 is 4.79 Å². The predicted molar refractivity (Wildman–Crippen MR) is 109 cm³/mol. The van der Waals surface area contributed by atoms with Crippen molar-refractivity contribution in [2.45, 2.75) is 19.3 Å². The molecule has 2 N–H and O–H groups in total. The molecule has 5 rings (SSSR count). The Hall–Kier alpha value is -3.67. The summed E-state index contributed by atoms with van der Waals surface area (Å²) in [6, 6.07) is 17.9. The van der Waals surface area contributed by atoms with Gasteiger partial charge in [0.05, 0.1) is 11.9 Å². The van der Waals surface area contributed by atoms with Crippen LogP contribution in [-0.4, -0.2) is 26.9 Å². The van der Waals surface area contributed by atoms with E-state index in [0.717, 1.165) is 52.7 Å². The Balaban J connectivity index is 1.40. The molecule has 28 heavy (non-hydrogen) atoms. The first-order valence-electron chi connectivity index (χ1n) is 9.37. The summed E-state index contributed by atoms with van der Waals surface area (Å²) in [6.07, 6.45) is 6.38. The smallest absolute Gasteiger partial charge is 0.292 e. The lowest BCUT2D eigenvalue weighted by molar-refractivity contribution is 0.0949. The zero-order valence-corrected chi connectivity index (χ0v) is 15.2. The van der Waals surface area contributed by atoms with Crippen molar-refractivity contribution in [3.8, 4) is 5.69 Å². The lowest BCUT2D eigenvalue weighted by atomic mass is 10.2. The van der Waals surface area contributed by atoms with Gasteiger partial charge in [0, 0.05) is 33.9 Å². The first kappa shape index (κ1) is 16.5. The molecular formula is C22H19N5O. The molecule has 6 heteroatoms. The van der Waals surface area contributed by atoms with Crippen molar-refractivity contribution in [3.05, 3.63) is 83.3 Å². The molecule has 138 valence electrons. The normalized spacial score (nSPS) is 13.3. The van der Waals surface area contributed by atoms with Crippen molar-refractivity contribution in [2.75, 3.05) is 0 Å². The number of amides is 1. The third kappa shape index (κ3) is 2.79. The summed E-state index contributed by atoms with van der Waals surface area (Å²) in [5.41, 5.74) is 8.19. The molecule has 0 radical (unpaired) electrons. The number of hydrogen-bond acceptors (Lipinski definition) is 3. The summed E-state index contributed by atoms with van der Waals surface area (Å²) in [7, 11) is 0. The van der Waals surface area contributed by atoms with Crippen LogP contribution in [0.3, 0.4) is 0 Å². The van der Waals surface area contributed by atoms with Crippen LogP contribution in [0.25, 0.3) is 16.6 Å². The van der Waals surface area contributed by atoms with E-state index < -0.39 is 0 Å². The van der Waals surface area contributed by atoms with Crippen molar-refractivity contribution in [1.82, 2.24) is 20.2 Å². The zero-order valence-electron chi connectivity index (χ0n) is 15.2. The van der Waals surface area contributed by atoms with Crippen LogP contribution < -0.4 is 5.43 Å². The predicted octanol–water partition coefficient (Wildman–Crippen LogP) is 3.61. The van der Waals surface area contributed by atoms with Gasteiger partial charge in [-0.3, -0.25) is 4.79 Å². The number of aromatic nitrogens is 3. The summed E-state index contributed by atoms with van der Waals surface area (Å²) in [5.74, 6) is -0.274. The second-order valence-electron chi connectivity index (χ2n) is 6.86. The van der Waals surface area contributed by atoms with Gasteiger partial charge in [-0.1, -0.05) is 36.4 Å². The number of nitrogens with zero attached hydrogens (tertiary/aromatic N) is 3. The van der Waals surface area contributed by atoms with Gasteiger partial charge in [-0.2, -0.15) is 10.2 Å². The summed E-state index contributed by atoms with van der Waals surface area (Å²) in [6.45, 7) is 0. The van der Waals surface area contributed by atoms with Crippen LogP contribution in [0.5, 0.6) is 0 Å². The number of H-pyrrole nitrogens is 1. The highest BCUT2D eigenvalue weighted by atomic mass is 16.2. The van der Waals surface area contributed by atoms with E-state index in [1.807, 2.05) is 65.5 Å². The van der Waals surface area contributed by atoms with Crippen LogP contribution in [0.2, 0.25) is 0 Å². The molecule has 0 fully saturated rings. The topological polar surface area (TPSA) is 75.1 Å². The van der Waals surface area contributed by atoms with Crippen molar-refractivity contribution in [2.24, 2.45) is 5.10 Å². The zero-order chi connectivity index (χ0) is 18.9. The first-order valence-corrected chi connectivity index (χ1v) is 9.37. The molecule has 0 atom stereocenters. The number of hydrogen-bond donors (Lipinski definition) is 2. The summed E-state index contributed by atoms with van der Waals surface area (Å²) in [5, 5.41) is 9.81. The van der Waals surface area contributed by atoms with E-state index in [1.165, 1.54) is 0 Å². The van der Waals surface area contributed by atoms with E-state index in [4.69, 9.17) is 0 Å². The Kier molecular flexibility index (Phi) is 4.01. The van der Waals surface area contributed by atoms with Crippen molar-refractivity contribution in [3.63, 3.8) is 0 Å². The van der Waals surface area contributed by atoms with E-state index in [-0.39, 0.29) is 5.91 Å². The van der Waals surface area contributed by atoms with Crippen LogP contribution in [0.15, 0.2) is 65.9 Å². The highest BCUT2D eigenvalue weighted by Gasteiger charge is 2.26. The van der Waals surface area contributed by atoms with Gasteiger partial charge in [0.25, 0.3) is 5.91 Å². The fraction of sp³-hybridized carbons (Fsp3) is 0.136. The fourth-order valence-corrected chi connectivity index (χ4v) is 3.82. The van der Waals surface area contributed by atoms with Crippen LogP contribution in [0.1, 0.15) is 33.7 Å². The lowest BCUT2D eigenvalue weighted by Gasteiger charge is -2.04. The van der Waals surface area contributed by atoms with Gasteiger partial charge in [0.2, 0.25) is 0 Å². The molecule has 0 bridgehead atoms. The third-order valence-electron chi connectivity index (χ3n) is 5.14. The maximum absolute atomic E-state index is 12.7. The molecule has 1 amide bonds. The second-order valence-corrected chi connectivity index (χ2v) is 6.86. The number of fused-ring (bicyclic) bond motifs is 2. The Morgan fingerprint density at radius 2 is 1.93 bits per heavy atom. The number of benzene rings is 2. The largest absolute Gasteiger partial charge is 0.361 e. The maximum atomic E-state index is 12.7. The molecule has 2 heterocycles. The number of para-hydroxylation sites is 2. The Morgan fingerprint density at radius 3 is 2.82 bits per heavy atom. The number of carbonyl (C=O) groups excluding carboxylic acids is 1. The van der Waals surface area contributed by atoms with E-state index in [1.54, 1.807) is 6.21 Å². The summed E-state index contributed by atoms with van der Waals surface area (Å²) < 4.78 is 1.89. The van der Waals surface area contributed by atoms with Gasteiger partial charge in [-0.05, 0) is 37.5 Å². The lowest BCUT2D eigenvalue weighted by Crippen LogP contribution is -2.20. The van der Waals surface area contributed by atoms with Gasteiger partial charge >= 0.3 is 0 Å². The molecule has 1 aliphatic carbocycles. The van der Waals surface area contributed by atoms with Gasteiger partial charge in [0.15, 0.2) is 5.69 Å². The van der Waals surface area contributed by atoms with Crippen LogP contribution >= 0.6 is 0 Å². The van der Waals surface area contributed by atoms with E-state index >= 15 is 0 Å². The molecule has 2 aromatic heterocycles. The SMILES string of the molecule is O=C(N/N=C/c1c[nH]c2ccccc12)c1nn(-c2ccccc2)c2c1CCC2. The average Bonchev–Trinajstić information content (AvgIpc) is 3.44. The maximum Gasteiger partial charge on any atom is 0.292 e. The molecule has 1 aliphatic rings. The monoisotopic (exact) mass is 369 g/mol. The summed E-state index contributed by atoms with van der Waals surface area (Å²) >= 11 is 0. The minimum atomic E-state index is -0.274. The number of carbonyl (C=O) groups is 1. The van der Waals surface area contributed by atoms with E-state index in [2.05, 4.69) is 20.6 Å². The molecule has 0 saturated carbocycles. The van der Waals surface area contributed by atoms with Crippen molar-refractivity contribution >= 4 is 23.0 Å². The molecule has 0 unspecified atom stereocenters. The van der Waals surface area contributed by atoms with Gasteiger partial charge < -0.3 is 4.98 Å². The second kappa shape index (κ2) is 6.81. The Bertz CT molecular complexity index is 1190. The average molecular weight is 369 g/mol. The molecule has 0 spiro atoms. The molecule has 4 aromatic rings. The number of hydrazone groups is 1. The van der Waals surface area contributed by atoms with Gasteiger partial charge in [0.1, 0.15) is 0 Å². The molecular weight excluding hydrogens is 350 g/mol. The minimum absolute atomic E-state index is 0.274. The third-order valence-corrected chi connectivity index (χ3v) is 5.14. The minimum Gasteiger partial charge on any atom is -0.361 e. The van der Waals surface area contributed by atoms with E-state index in [0.29, 0.717) is 5.69 Å². The molecule has 0 saturated heterocycles. The number of rotatable bonds is 4. The van der Waals surface area contributed by atoms with Gasteiger partial charge in [-0.25, -0.2) is 10.1 Å². The first-order chi connectivity index (χ1) is 13.8. The number of nitrogens with one attached hydrogen (secondary N) is 2. The molecule has 2 aromatic carbocycles. The fourth-order valence-electron chi connectivity index (χ4n) is 3.82. The highest BCUT2D eigenvalue weighted by Crippen LogP contribution is 2.27.